The summed E-state index contributed by atoms with van der Waals surface area (Å²) in [6.07, 6.45) is 0. The zero-order valence-corrected chi connectivity index (χ0v) is 14.6. The van der Waals surface area contributed by atoms with Gasteiger partial charge in [0, 0.05) is 30.4 Å². The lowest BCUT2D eigenvalue weighted by Crippen LogP contribution is -2.48. The first-order chi connectivity index (χ1) is 10.8. The van der Waals surface area contributed by atoms with Crippen LogP contribution in [0.3, 0.4) is 0 Å². The molecule has 1 aliphatic heterocycles. The molecule has 2 N–H and O–H groups in total. The summed E-state index contributed by atoms with van der Waals surface area (Å²) in [5.41, 5.74) is 1.11. The topological polar surface area (TPSA) is 50.4 Å². The number of rotatable bonds is 6. The number of carbonyl (C=O) groups excluding carboxylic acids is 1. The molecule has 124 valence electrons. The summed E-state index contributed by atoms with van der Waals surface area (Å²) in [4.78, 5) is 14.1. The number of carbonyl (C=O) groups is 1. The van der Waals surface area contributed by atoms with Crippen LogP contribution in [0.2, 0.25) is 0 Å². The fraction of sp³-hybridized carbons (Fsp3) is 0.353. The summed E-state index contributed by atoms with van der Waals surface area (Å²) in [6, 6.07) is 12.0. The summed E-state index contributed by atoms with van der Waals surface area (Å²) in [7, 11) is 0. The number of thiophene rings is 1. The van der Waals surface area contributed by atoms with Gasteiger partial charge in [-0.2, -0.15) is 0 Å². The maximum absolute atomic E-state index is 12.4. The lowest BCUT2D eigenvalue weighted by molar-refractivity contribution is 0.0943. The molecule has 3 rings (SSSR count). The van der Waals surface area contributed by atoms with Crippen molar-refractivity contribution in [3.05, 3.63) is 41.3 Å². The second-order valence-corrected chi connectivity index (χ2v) is 6.39. The predicted molar refractivity (Wildman–Crippen MR) is 96.9 cm³/mol. The van der Waals surface area contributed by atoms with E-state index in [9.17, 15) is 4.79 Å². The molecule has 1 aromatic carbocycles. The van der Waals surface area contributed by atoms with Gasteiger partial charge in [0.2, 0.25) is 0 Å². The molecule has 1 saturated heterocycles. The minimum absolute atomic E-state index is 0. The van der Waals surface area contributed by atoms with Crippen molar-refractivity contribution in [2.24, 2.45) is 5.92 Å². The van der Waals surface area contributed by atoms with Crippen LogP contribution in [0, 0.1) is 5.92 Å². The van der Waals surface area contributed by atoms with E-state index >= 15 is 0 Å². The highest BCUT2D eigenvalue weighted by molar-refractivity contribution is 7.17. The van der Waals surface area contributed by atoms with Crippen LogP contribution < -0.4 is 15.4 Å². The zero-order valence-electron chi connectivity index (χ0n) is 13.0. The molecular formula is C17H21ClN2O2S. The molecule has 2 heterocycles. The van der Waals surface area contributed by atoms with Crippen LogP contribution in [-0.4, -0.2) is 32.1 Å². The summed E-state index contributed by atoms with van der Waals surface area (Å²) in [5, 5.41) is 6.22. The fourth-order valence-corrected chi connectivity index (χ4v) is 3.37. The Labute approximate surface area is 146 Å². The van der Waals surface area contributed by atoms with Crippen molar-refractivity contribution in [2.75, 3.05) is 26.2 Å². The average Bonchev–Trinajstić information content (AvgIpc) is 2.91. The third-order valence-corrected chi connectivity index (χ3v) is 4.84. The van der Waals surface area contributed by atoms with Gasteiger partial charge in [0.15, 0.2) is 0 Å². The van der Waals surface area contributed by atoms with Crippen LogP contribution in [0.1, 0.15) is 16.6 Å². The fourth-order valence-electron chi connectivity index (χ4n) is 2.35. The quantitative estimate of drug-likeness (QED) is 0.839. The summed E-state index contributed by atoms with van der Waals surface area (Å²) in [5.74, 6) is 1.19. The maximum atomic E-state index is 12.4. The largest absolute Gasteiger partial charge is 0.492 e. The number of benzene rings is 1. The molecule has 0 spiro atoms. The highest BCUT2D eigenvalue weighted by Crippen LogP contribution is 2.36. The van der Waals surface area contributed by atoms with Gasteiger partial charge < -0.3 is 15.4 Å². The van der Waals surface area contributed by atoms with Crippen molar-refractivity contribution < 1.29 is 9.53 Å². The summed E-state index contributed by atoms with van der Waals surface area (Å²) >= 11 is 1.49. The van der Waals surface area contributed by atoms with Gasteiger partial charge in [-0.3, -0.25) is 4.79 Å². The molecule has 0 bridgehead atoms. The van der Waals surface area contributed by atoms with Gasteiger partial charge >= 0.3 is 0 Å². The standard InChI is InChI=1S/C17H20N2O2S.ClH/c1-2-21-14-8-15(13-6-4-3-5-7-13)22-16(14)17(20)19-11-12-9-18-10-12;/h3-8,12,18H,2,9-11H2,1H3,(H,19,20);1H. The number of nitrogens with one attached hydrogen (secondary N) is 2. The molecule has 2 aromatic rings. The molecule has 0 aliphatic carbocycles. The van der Waals surface area contributed by atoms with Crippen molar-refractivity contribution in [2.45, 2.75) is 6.92 Å². The molecule has 1 aromatic heterocycles. The first kappa shape index (κ1) is 17.8. The smallest absolute Gasteiger partial charge is 0.265 e. The average molecular weight is 353 g/mol. The van der Waals surface area contributed by atoms with Crippen molar-refractivity contribution in [3.8, 4) is 16.2 Å². The van der Waals surface area contributed by atoms with E-state index in [0.717, 1.165) is 30.1 Å². The van der Waals surface area contributed by atoms with Crippen molar-refractivity contribution in [1.29, 1.82) is 0 Å². The molecule has 0 saturated carbocycles. The zero-order chi connectivity index (χ0) is 15.4. The van der Waals surface area contributed by atoms with Crippen LogP contribution >= 0.6 is 23.7 Å². The molecule has 6 heteroatoms. The van der Waals surface area contributed by atoms with Gasteiger partial charge in [0.05, 0.1) is 6.61 Å². The first-order valence-electron chi connectivity index (χ1n) is 7.59. The van der Waals surface area contributed by atoms with Gasteiger partial charge in [-0.05, 0) is 18.6 Å². The Hall–Kier alpha value is -1.56. The Morgan fingerprint density at radius 2 is 2.09 bits per heavy atom. The van der Waals surface area contributed by atoms with E-state index in [2.05, 4.69) is 10.6 Å². The maximum Gasteiger partial charge on any atom is 0.265 e. The Morgan fingerprint density at radius 1 is 1.35 bits per heavy atom. The van der Waals surface area contributed by atoms with E-state index in [1.807, 2.05) is 43.3 Å². The van der Waals surface area contributed by atoms with Crippen LogP contribution in [0.4, 0.5) is 0 Å². The Kier molecular flexibility index (Phi) is 6.45. The molecule has 4 nitrogen and oxygen atoms in total. The Balaban J connectivity index is 0.00000192. The predicted octanol–water partition coefficient (Wildman–Crippen LogP) is 3.18. The van der Waals surface area contributed by atoms with E-state index in [1.54, 1.807) is 0 Å². The molecule has 0 atom stereocenters. The Morgan fingerprint density at radius 3 is 2.70 bits per heavy atom. The minimum Gasteiger partial charge on any atom is -0.492 e. The molecule has 1 amide bonds. The van der Waals surface area contributed by atoms with Crippen molar-refractivity contribution in [1.82, 2.24) is 10.6 Å². The number of hydrogen-bond acceptors (Lipinski definition) is 4. The van der Waals surface area contributed by atoms with E-state index in [-0.39, 0.29) is 18.3 Å². The van der Waals surface area contributed by atoms with Crippen LogP contribution in [0.15, 0.2) is 36.4 Å². The van der Waals surface area contributed by atoms with Crippen molar-refractivity contribution >= 4 is 29.7 Å². The minimum atomic E-state index is -0.0393. The molecule has 23 heavy (non-hydrogen) atoms. The second-order valence-electron chi connectivity index (χ2n) is 5.34. The van der Waals surface area contributed by atoms with Gasteiger partial charge in [0.1, 0.15) is 10.6 Å². The van der Waals surface area contributed by atoms with E-state index in [4.69, 9.17) is 4.74 Å². The van der Waals surface area contributed by atoms with Crippen molar-refractivity contribution in [3.63, 3.8) is 0 Å². The monoisotopic (exact) mass is 352 g/mol. The van der Waals surface area contributed by atoms with Crippen LogP contribution in [-0.2, 0) is 0 Å². The van der Waals surface area contributed by atoms with Gasteiger partial charge in [-0.25, -0.2) is 0 Å². The third-order valence-electron chi connectivity index (χ3n) is 3.68. The highest BCUT2D eigenvalue weighted by Gasteiger charge is 2.21. The SMILES string of the molecule is CCOc1cc(-c2ccccc2)sc1C(=O)NCC1CNC1.Cl. The third kappa shape index (κ3) is 4.25. The van der Waals surface area contributed by atoms with Crippen LogP contribution in [0.25, 0.3) is 10.4 Å². The highest BCUT2D eigenvalue weighted by atomic mass is 35.5. The van der Waals surface area contributed by atoms with Gasteiger partial charge in [-0.1, -0.05) is 30.3 Å². The van der Waals surface area contributed by atoms with E-state index < -0.39 is 0 Å². The molecule has 0 unspecified atom stereocenters. The second kappa shape index (κ2) is 8.34. The first-order valence-corrected chi connectivity index (χ1v) is 8.40. The molecule has 1 fully saturated rings. The normalized spacial score (nSPS) is 13.8. The number of hydrogen-bond donors (Lipinski definition) is 2. The van der Waals surface area contributed by atoms with E-state index in [1.165, 1.54) is 11.3 Å². The summed E-state index contributed by atoms with van der Waals surface area (Å²) in [6.45, 7) is 5.17. The van der Waals surface area contributed by atoms with Gasteiger partial charge in [-0.15, -0.1) is 23.7 Å². The summed E-state index contributed by atoms with van der Waals surface area (Å²) < 4.78 is 5.64. The molecule has 1 aliphatic rings. The number of ether oxygens (including phenoxy) is 1. The molecular weight excluding hydrogens is 332 g/mol. The number of halogens is 1. The lowest BCUT2D eigenvalue weighted by atomic mass is 10.0. The van der Waals surface area contributed by atoms with Gasteiger partial charge in [0.25, 0.3) is 5.91 Å². The lowest BCUT2D eigenvalue weighted by Gasteiger charge is -2.26. The Bertz CT molecular complexity index is 641. The van der Waals surface area contributed by atoms with E-state index in [0.29, 0.717) is 23.2 Å². The molecule has 0 radical (unpaired) electrons. The number of amides is 1. The van der Waals surface area contributed by atoms with Crippen LogP contribution in [0.5, 0.6) is 5.75 Å².